The lowest BCUT2D eigenvalue weighted by molar-refractivity contribution is -0.140. The zero-order valence-electron chi connectivity index (χ0n) is 16.9. The Morgan fingerprint density at radius 2 is 1.48 bits per heavy atom. The Morgan fingerprint density at radius 1 is 0.828 bits per heavy atom. The number of amides is 2. The van der Waals surface area contributed by atoms with Crippen molar-refractivity contribution in [3.63, 3.8) is 0 Å². The number of hydrogen-bond donors (Lipinski definition) is 0. The van der Waals surface area contributed by atoms with E-state index >= 15 is 0 Å². The molecule has 0 aromatic heterocycles. The largest absolute Gasteiger partial charge is 0.494 e. The van der Waals surface area contributed by atoms with Gasteiger partial charge in [0.15, 0.2) is 6.61 Å². The van der Waals surface area contributed by atoms with Crippen LogP contribution in [0.2, 0.25) is 0 Å². The maximum absolute atomic E-state index is 12.4. The average molecular weight is 396 g/mol. The van der Waals surface area contributed by atoms with E-state index in [9.17, 15) is 9.59 Å². The molecule has 6 nitrogen and oxygen atoms in total. The summed E-state index contributed by atoms with van der Waals surface area (Å²) in [4.78, 5) is 28.3. The number of ether oxygens (including phenoxy) is 2. The summed E-state index contributed by atoms with van der Waals surface area (Å²) in [7, 11) is 0. The highest BCUT2D eigenvalue weighted by Crippen LogP contribution is 2.13. The third-order valence-corrected chi connectivity index (χ3v) is 4.88. The quantitative estimate of drug-likeness (QED) is 0.644. The molecule has 0 N–H and O–H groups in total. The van der Waals surface area contributed by atoms with Gasteiger partial charge in [-0.25, -0.2) is 0 Å². The molecule has 6 heteroatoms. The maximum Gasteiger partial charge on any atom is 0.260 e. The minimum absolute atomic E-state index is 0.0220. The SMILES string of the molecule is Cc1cccc(OCC(=O)N2CCN(C(=O)CCCOc3ccccc3)CC2)c1. The van der Waals surface area contributed by atoms with Gasteiger partial charge in [-0.15, -0.1) is 0 Å². The van der Waals surface area contributed by atoms with E-state index < -0.39 is 0 Å². The number of carbonyl (C=O) groups excluding carboxylic acids is 2. The molecule has 0 spiro atoms. The lowest BCUT2D eigenvalue weighted by atomic mass is 10.2. The standard InChI is InChI=1S/C23H28N2O4/c1-19-7-5-10-21(17-19)29-18-23(27)25-14-12-24(13-15-25)22(26)11-6-16-28-20-8-3-2-4-9-20/h2-5,7-10,17H,6,11-16,18H2,1H3. The minimum Gasteiger partial charge on any atom is -0.494 e. The van der Waals surface area contributed by atoms with Crippen LogP contribution in [0, 0.1) is 6.92 Å². The fourth-order valence-corrected chi connectivity index (χ4v) is 3.23. The van der Waals surface area contributed by atoms with Crippen LogP contribution < -0.4 is 9.47 Å². The van der Waals surface area contributed by atoms with Crippen LogP contribution in [0.3, 0.4) is 0 Å². The Kier molecular flexibility index (Phi) is 7.50. The summed E-state index contributed by atoms with van der Waals surface area (Å²) < 4.78 is 11.2. The normalized spacial score (nSPS) is 13.8. The molecular weight excluding hydrogens is 368 g/mol. The smallest absolute Gasteiger partial charge is 0.260 e. The van der Waals surface area contributed by atoms with Gasteiger partial charge in [-0.3, -0.25) is 9.59 Å². The molecule has 2 amide bonds. The molecule has 0 bridgehead atoms. The number of nitrogens with zero attached hydrogens (tertiary/aromatic N) is 2. The molecule has 1 aliphatic heterocycles. The first-order chi connectivity index (χ1) is 14.1. The van der Waals surface area contributed by atoms with Gasteiger partial charge in [-0.2, -0.15) is 0 Å². The Bertz CT molecular complexity index is 802. The second-order valence-corrected chi connectivity index (χ2v) is 7.13. The van der Waals surface area contributed by atoms with Crippen LogP contribution in [0.4, 0.5) is 0 Å². The number of piperazine rings is 1. The van der Waals surface area contributed by atoms with E-state index in [0.717, 1.165) is 11.3 Å². The van der Waals surface area contributed by atoms with Crippen LogP contribution >= 0.6 is 0 Å². The van der Waals surface area contributed by atoms with E-state index in [4.69, 9.17) is 9.47 Å². The van der Waals surface area contributed by atoms with Crippen molar-refractivity contribution in [3.05, 3.63) is 60.2 Å². The lowest BCUT2D eigenvalue weighted by Crippen LogP contribution is -2.51. The van der Waals surface area contributed by atoms with Crippen LogP contribution in [-0.2, 0) is 9.59 Å². The molecule has 0 radical (unpaired) electrons. The van der Waals surface area contributed by atoms with Gasteiger partial charge < -0.3 is 19.3 Å². The molecule has 1 fully saturated rings. The third-order valence-electron chi connectivity index (χ3n) is 4.88. The summed E-state index contributed by atoms with van der Waals surface area (Å²) in [5, 5.41) is 0. The van der Waals surface area contributed by atoms with Gasteiger partial charge in [0.1, 0.15) is 11.5 Å². The van der Waals surface area contributed by atoms with Crippen molar-refractivity contribution in [2.45, 2.75) is 19.8 Å². The molecule has 0 saturated carbocycles. The first kappa shape index (κ1) is 20.7. The van der Waals surface area contributed by atoms with Crippen LogP contribution in [0.1, 0.15) is 18.4 Å². The van der Waals surface area contributed by atoms with E-state index in [2.05, 4.69) is 0 Å². The predicted octanol–water partition coefficient (Wildman–Crippen LogP) is 2.90. The predicted molar refractivity (Wildman–Crippen MR) is 111 cm³/mol. The molecule has 1 heterocycles. The molecule has 3 rings (SSSR count). The maximum atomic E-state index is 12.4. The summed E-state index contributed by atoms with van der Waals surface area (Å²) in [6, 6.07) is 17.2. The van der Waals surface area contributed by atoms with Crippen molar-refractivity contribution >= 4 is 11.8 Å². The van der Waals surface area contributed by atoms with Gasteiger partial charge in [0.25, 0.3) is 5.91 Å². The zero-order valence-corrected chi connectivity index (χ0v) is 16.9. The van der Waals surface area contributed by atoms with E-state index in [1.165, 1.54) is 0 Å². The molecule has 0 aliphatic carbocycles. The number of hydrogen-bond acceptors (Lipinski definition) is 4. The van der Waals surface area contributed by atoms with Crippen molar-refractivity contribution < 1.29 is 19.1 Å². The molecule has 2 aromatic carbocycles. The molecule has 1 saturated heterocycles. The molecule has 2 aromatic rings. The number of rotatable bonds is 8. The number of carbonyl (C=O) groups is 2. The first-order valence-electron chi connectivity index (χ1n) is 10.0. The molecule has 0 unspecified atom stereocenters. The molecule has 154 valence electrons. The molecular formula is C23H28N2O4. The Hall–Kier alpha value is -3.02. The van der Waals surface area contributed by atoms with E-state index in [1.54, 1.807) is 4.90 Å². The number of aryl methyl sites for hydroxylation is 1. The second kappa shape index (κ2) is 10.5. The van der Waals surface area contributed by atoms with Crippen molar-refractivity contribution in [3.8, 4) is 11.5 Å². The lowest BCUT2D eigenvalue weighted by Gasteiger charge is -2.34. The van der Waals surface area contributed by atoms with Gasteiger partial charge >= 0.3 is 0 Å². The summed E-state index contributed by atoms with van der Waals surface area (Å²) >= 11 is 0. The summed E-state index contributed by atoms with van der Waals surface area (Å²) in [6.07, 6.45) is 1.13. The van der Waals surface area contributed by atoms with Crippen LogP contribution in [0.25, 0.3) is 0 Å². The fraction of sp³-hybridized carbons (Fsp3) is 0.391. The minimum atomic E-state index is -0.0464. The Labute approximate surface area is 172 Å². The highest BCUT2D eigenvalue weighted by atomic mass is 16.5. The number of para-hydroxylation sites is 1. The second-order valence-electron chi connectivity index (χ2n) is 7.13. The topological polar surface area (TPSA) is 59.1 Å². The van der Waals surface area contributed by atoms with Crippen molar-refractivity contribution in [1.82, 2.24) is 9.80 Å². The Morgan fingerprint density at radius 3 is 2.17 bits per heavy atom. The van der Waals surface area contributed by atoms with Crippen molar-refractivity contribution in [2.75, 3.05) is 39.4 Å². The fourth-order valence-electron chi connectivity index (χ4n) is 3.23. The van der Waals surface area contributed by atoms with Crippen molar-refractivity contribution in [2.24, 2.45) is 0 Å². The summed E-state index contributed by atoms with van der Waals surface area (Å²) in [6.45, 7) is 4.74. The van der Waals surface area contributed by atoms with Crippen LogP contribution in [0.5, 0.6) is 11.5 Å². The molecule has 1 aliphatic rings. The zero-order chi connectivity index (χ0) is 20.5. The monoisotopic (exact) mass is 396 g/mol. The Balaban J connectivity index is 1.32. The molecule has 0 atom stereocenters. The van der Waals surface area contributed by atoms with Gasteiger partial charge in [0, 0.05) is 32.6 Å². The highest BCUT2D eigenvalue weighted by molar-refractivity contribution is 5.79. The first-order valence-corrected chi connectivity index (χ1v) is 10.0. The van der Waals surface area contributed by atoms with E-state index in [0.29, 0.717) is 51.4 Å². The summed E-state index contributed by atoms with van der Waals surface area (Å²) in [5.41, 5.74) is 1.09. The van der Waals surface area contributed by atoms with E-state index in [-0.39, 0.29) is 18.4 Å². The third kappa shape index (κ3) is 6.52. The summed E-state index contributed by atoms with van der Waals surface area (Å²) in [5.74, 6) is 1.59. The van der Waals surface area contributed by atoms with Crippen LogP contribution in [0.15, 0.2) is 54.6 Å². The molecule has 29 heavy (non-hydrogen) atoms. The highest BCUT2D eigenvalue weighted by Gasteiger charge is 2.24. The van der Waals surface area contributed by atoms with Gasteiger partial charge in [0.2, 0.25) is 5.91 Å². The van der Waals surface area contributed by atoms with Crippen LogP contribution in [-0.4, -0.2) is 61.0 Å². The van der Waals surface area contributed by atoms with E-state index in [1.807, 2.05) is 66.4 Å². The van der Waals surface area contributed by atoms with Gasteiger partial charge in [0.05, 0.1) is 6.61 Å². The van der Waals surface area contributed by atoms with Gasteiger partial charge in [-0.1, -0.05) is 30.3 Å². The van der Waals surface area contributed by atoms with Crippen molar-refractivity contribution in [1.29, 1.82) is 0 Å². The van der Waals surface area contributed by atoms with Gasteiger partial charge in [-0.05, 0) is 43.2 Å². The average Bonchev–Trinajstić information content (AvgIpc) is 2.76. The number of benzene rings is 2.